The molecule has 0 bridgehead atoms. The van der Waals surface area contributed by atoms with Gasteiger partial charge in [0, 0.05) is 23.8 Å². The fraction of sp³-hybridized carbons (Fsp3) is 0.677. The van der Waals surface area contributed by atoms with Gasteiger partial charge in [-0.15, -0.1) is 0 Å². The Hall–Kier alpha value is -2.74. The predicted octanol–water partition coefficient (Wildman–Crippen LogP) is 4.91. The third-order valence-corrected chi connectivity index (χ3v) is 8.75. The molecule has 3 fully saturated rings. The van der Waals surface area contributed by atoms with Gasteiger partial charge in [0.25, 0.3) is 0 Å². The second-order valence-electron chi connectivity index (χ2n) is 11.4. The molecule has 8 nitrogen and oxygen atoms in total. The van der Waals surface area contributed by atoms with Crippen LogP contribution in [0.1, 0.15) is 74.7 Å². The average molecular weight is 545 g/mol. The van der Waals surface area contributed by atoms with Crippen LogP contribution < -0.4 is 0 Å². The van der Waals surface area contributed by atoms with E-state index in [9.17, 15) is 19.2 Å². The Labute approximate surface area is 232 Å². The highest BCUT2D eigenvalue weighted by Gasteiger charge is 2.67. The molecule has 2 aliphatic carbocycles. The van der Waals surface area contributed by atoms with Crippen LogP contribution in [0.5, 0.6) is 0 Å². The predicted molar refractivity (Wildman–Crippen MR) is 145 cm³/mol. The van der Waals surface area contributed by atoms with E-state index in [4.69, 9.17) is 18.9 Å². The number of Topliss-reactive ketones (excluding diaryl/α,β-unsaturated/α-hetero) is 1. The van der Waals surface area contributed by atoms with Crippen molar-refractivity contribution in [1.82, 2.24) is 0 Å². The van der Waals surface area contributed by atoms with Crippen molar-refractivity contribution in [1.29, 1.82) is 0 Å². The van der Waals surface area contributed by atoms with Gasteiger partial charge in [-0.05, 0) is 51.2 Å². The molecule has 1 saturated heterocycles. The number of hydrogen-bond donors (Lipinski definition) is 0. The Bertz CT molecular complexity index is 1060. The monoisotopic (exact) mass is 544 g/mol. The molecule has 39 heavy (non-hydrogen) atoms. The maximum Gasteiger partial charge on any atom is 0.331 e. The van der Waals surface area contributed by atoms with Gasteiger partial charge in [0.15, 0.2) is 18.0 Å². The summed E-state index contributed by atoms with van der Waals surface area (Å²) in [6.07, 6.45) is 1.86. The van der Waals surface area contributed by atoms with Gasteiger partial charge in [0.1, 0.15) is 6.10 Å². The van der Waals surface area contributed by atoms with Crippen molar-refractivity contribution in [2.24, 2.45) is 29.6 Å². The maximum atomic E-state index is 13.7. The van der Waals surface area contributed by atoms with Gasteiger partial charge in [-0.1, -0.05) is 52.8 Å². The minimum absolute atomic E-state index is 0.305. The Kier molecular flexibility index (Phi) is 9.63. The fourth-order valence-electron chi connectivity index (χ4n) is 5.57. The second kappa shape index (κ2) is 12.2. The van der Waals surface area contributed by atoms with Crippen LogP contribution in [-0.2, 0) is 38.1 Å². The Morgan fingerprint density at radius 3 is 2.08 bits per heavy atom. The van der Waals surface area contributed by atoms with Gasteiger partial charge in [-0.25, -0.2) is 4.79 Å². The quantitative estimate of drug-likeness (QED) is 0.126. The largest absolute Gasteiger partial charge is 0.457 e. The van der Waals surface area contributed by atoms with Crippen LogP contribution in [0.2, 0.25) is 0 Å². The number of ether oxygens (including phenoxy) is 4. The molecule has 2 saturated carbocycles. The van der Waals surface area contributed by atoms with E-state index in [2.05, 4.69) is 6.58 Å². The van der Waals surface area contributed by atoms with Gasteiger partial charge in [0.2, 0.25) is 0 Å². The number of epoxide rings is 1. The minimum Gasteiger partial charge on any atom is -0.457 e. The normalized spacial score (nSPS) is 34.8. The number of carbonyl (C=O) groups excluding carboxylic acids is 4. The lowest BCUT2D eigenvalue weighted by molar-refractivity contribution is -0.182. The fourth-order valence-corrected chi connectivity index (χ4v) is 5.57. The number of rotatable bonds is 10. The van der Waals surface area contributed by atoms with Crippen LogP contribution in [0.4, 0.5) is 0 Å². The summed E-state index contributed by atoms with van der Waals surface area (Å²) >= 11 is 0. The van der Waals surface area contributed by atoms with Crippen LogP contribution in [0.25, 0.3) is 0 Å². The highest BCUT2D eigenvalue weighted by molar-refractivity contribution is 6.04. The highest BCUT2D eigenvalue weighted by Crippen LogP contribution is 2.58. The van der Waals surface area contributed by atoms with E-state index < -0.39 is 59.6 Å². The van der Waals surface area contributed by atoms with Crippen molar-refractivity contribution in [3.63, 3.8) is 0 Å². The van der Waals surface area contributed by atoms with Crippen molar-refractivity contribution in [3.8, 4) is 0 Å². The van der Waals surface area contributed by atoms with Crippen molar-refractivity contribution >= 4 is 23.7 Å². The molecule has 216 valence electrons. The molecule has 0 N–H and O–H groups in total. The topological polar surface area (TPSA) is 109 Å². The molecular weight excluding hydrogens is 500 g/mol. The third kappa shape index (κ3) is 6.06. The number of esters is 3. The lowest BCUT2D eigenvalue weighted by atomic mass is 9.63. The van der Waals surface area contributed by atoms with Crippen LogP contribution in [0, 0.1) is 29.6 Å². The molecule has 0 amide bonds. The molecule has 8 heteroatoms. The summed E-state index contributed by atoms with van der Waals surface area (Å²) in [5.41, 5.74) is 0.981. The summed E-state index contributed by atoms with van der Waals surface area (Å²) in [5.74, 6) is -4.22. The van der Waals surface area contributed by atoms with E-state index in [-0.39, 0.29) is 17.6 Å². The lowest BCUT2D eigenvalue weighted by Crippen LogP contribution is -2.57. The van der Waals surface area contributed by atoms with E-state index in [0.717, 1.165) is 5.57 Å². The zero-order valence-electron chi connectivity index (χ0n) is 24.6. The minimum atomic E-state index is -1.11. The second-order valence-corrected chi connectivity index (χ2v) is 11.4. The summed E-state index contributed by atoms with van der Waals surface area (Å²) in [6, 6.07) is 0. The Morgan fingerprint density at radius 2 is 1.59 bits per heavy atom. The van der Waals surface area contributed by atoms with Crippen LogP contribution in [-0.4, -0.2) is 54.2 Å². The smallest absolute Gasteiger partial charge is 0.331 e. The molecule has 0 spiro atoms. The van der Waals surface area contributed by atoms with E-state index in [0.29, 0.717) is 37.0 Å². The molecular formula is C31H44O8. The van der Waals surface area contributed by atoms with Gasteiger partial charge in [-0.2, -0.15) is 0 Å². The molecule has 1 aliphatic heterocycles. The number of ketones is 1. The number of allylic oxidation sites excluding steroid dienone is 2. The molecule has 3 aliphatic rings. The van der Waals surface area contributed by atoms with E-state index in [1.165, 1.54) is 6.08 Å². The van der Waals surface area contributed by atoms with Crippen LogP contribution >= 0.6 is 0 Å². The molecule has 0 aromatic rings. The molecule has 3 rings (SSSR count). The van der Waals surface area contributed by atoms with E-state index in [1.807, 2.05) is 34.6 Å². The van der Waals surface area contributed by atoms with Crippen LogP contribution in [0.3, 0.4) is 0 Å². The summed E-state index contributed by atoms with van der Waals surface area (Å²) in [4.78, 5) is 52.7. The third-order valence-electron chi connectivity index (χ3n) is 8.75. The standard InChI is InChI=1S/C31H44O8/c1-10-16(5)14-21(32)37-26-19(8)22-23(20(13-4)25(33)27(22)38-29(34)17(6)11-2)24(31(9)15-36-31)28(26)39-30(35)18(7)12-3/h13-14,17-18,22-24,26-28H,8,10-12,15H2,1-7,9H3/b16-14+,20-13+/t17?,18?,22-,23+,24-,26-,27-,28+,31+/m0/s1. The van der Waals surface area contributed by atoms with Crippen molar-refractivity contribution in [2.75, 3.05) is 6.61 Å². The number of hydrogen-bond acceptors (Lipinski definition) is 8. The average Bonchev–Trinajstić information content (AvgIpc) is 3.59. The number of fused-ring (bicyclic) bond motifs is 1. The van der Waals surface area contributed by atoms with Crippen LogP contribution in [0.15, 0.2) is 35.5 Å². The Morgan fingerprint density at radius 1 is 1.03 bits per heavy atom. The zero-order valence-corrected chi connectivity index (χ0v) is 24.6. The summed E-state index contributed by atoms with van der Waals surface area (Å²) in [5, 5.41) is 0. The van der Waals surface area contributed by atoms with Gasteiger partial charge < -0.3 is 18.9 Å². The lowest BCUT2D eigenvalue weighted by Gasteiger charge is -2.47. The first-order chi connectivity index (χ1) is 18.3. The van der Waals surface area contributed by atoms with Crippen molar-refractivity contribution in [2.45, 2.75) is 98.6 Å². The first-order valence-electron chi connectivity index (χ1n) is 14.2. The first kappa shape index (κ1) is 30.8. The summed E-state index contributed by atoms with van der Waals surface area (Å²) in [7, 11) is 0. The first-order valence-corrected chi connectivity index (χ1v) is 14.2. The summed E-state index contributed by atoms with van der Waals surface area (Å²) < 4.78 is 23.8. The van der Waals surface area contributed by atoms with Gasteiger partial charge in [0.05, 0.1) is 24.0 Å². The molecule has 0 aromatic heterocycles. The highest BCUT2D eigenvalue weighted by atomic mass is 16.6. The van der Waals surface area contributed by atoms with Gasteiger partial charge in [-0.3, -0.25) is 14.4 Å². The van der Waals surface area contributed by atoms with Crippen molar-refractivity contribution < 1.29 is 38.1 Å². The molecule has 9 atom stereocenters. The summed E-state index contributed by atoms with van der Waals surface area (Å²) in [6.45, 7) is 19.4. The SMILES string of the molecule is C=C1[C@H]2[C@@H](/C(=C\C)C(=O)[C@H]2OC(=O)C(C)CC)[C@H]([C@@]2(C)CO2)[C@@H](OC(=O)C(C)CC)[C@H]1OC(=O)/C=C(\C)CC. The Balaban J connectivity index is 2.14. The molecule has 1 heterocycles. The molecule has 2 unspecified atom stereocenters. The van der Waals surface area contributed by atoms with E-state index >= 15 is 0 Å². The number of carbonyl (C=O) groups is 4. The zero-order chi connectivity index (χ0) is 29.2. The molecule has 0 radical (unpaired) electrons. The maximum absolute atomic E-state index is 13.7. The van der Waals surface area contributed by atoms with E-state index in [1.54, 1.807) is 26.8 Å². The van der Waals surface area contributed by atoms with Gasteiger partial charge >= 0.3 is 17.9 Å². The van der Waals surface area contributed by atoms with Crippen molar-refractivity contribution in [3.05, 3.63) is 35.5 Å². The molecule has 0 aromatic carbocycles.